The van der Waals surface area contributed by atoms with Crippen molar-refractivity contribution < 1.29 is 21.2 Å². The topological polar surface area (TPSA) is 118 Å². The van der Waals surface area contributed by atoms with Gasteiger partial charge in [-0.15, -0.1) is 0 Å². The van der Waals surface area contributed by atoms with Crippen LogP contribution in [0, 0.1) is 12.7 Å². The Balaban J connectivity index is 2.84. The minimum atomic E-state index is -4.02. The highest BCUT2D eigenvalue weighted by molar-refractivity contribution is 7.90. The predicted molar refractivity (Wildman–Crippen MR) is 78.2 cm³/mol. The van der Waals surface area contributed by atoms with Crippen LogP contribution in [0.1, 0.15) is 12.5 Å². The van der Waals surface area contributed by atoms with Crippen LogP contribution in [0.15, 0.2) is 17.0 Å². The van der Waals surface area contributed by atoms with E-state index in [0.29, 0.717) is 0 Å². The van der Waals surface area contributed by atoms with Gasteiger partial charge in [0.25, 0.3) is 0 Å². The van der Waals surface area contributed by atoms with Crippen LogP contribution in [-0.2, 0) is 20.0 Å². The van der Waals surface area contributed by atoms with Crippen molar-refractivity contribution in [2.75, 3.05) is 24.6 Å². The van der Waals surface area contributed by atoms with Crippen LogP contribution in [0.25, 0.3) is 0 Å². The summed E-state index contributed by atoms with van der Waals surface area (Å²) in [6, 6.07) is 1.96. The molecule has 1 aromatic rings. The Hall–Kier alpha value is -1.23. The first-order valence-electron chi connectivity index (χ1n) is 6.11. The summed E-state index contributed by atoms with van der Waals surface area (Å²) in [6.07, 6.45) is 0. The summed E-state index contributed by atoms with van der Waals surface area (Å²) < 4.78 is 64.5. The van der Waals surface area contributed by atoms with E-state index in [2.05, 4.69) is 9.44 Å². The van der Waals surface area contributed by atoms with Gasteiger partial charge < -0.3 is 5.73 Å². The molecule has 0 bridgehead atoms. The number of hydrogen-bond donors (Lipinski definition) is 3. The van der Waals surface area contributed by atoms with Crippen molar-refractivity contribution >= 4 is 25.7 Å². The van der Waals surface area contributed by atoms with Gasteiger partial charge in [-0.1, -0.05) is 6.92 Å². The Kier molecular flexibility index (Phi) is 5.68. The fourth-order valence-electron chi connectivity index (χ4n) is 1.52. The van der Waals surface area contributed by atoms with Crippen molar-refractivity contribution in [1.82, 2.24) is 9.44 Å². The molecular formula is C11H18FN3O4S2. The van der Waals surface area contributed by atoms with Gasteiger partial charge in [-0.3, -0.25) is 0 Å². The van der Waals surface area contributed by atoms with E-state index in [1.54, 1.807) is 6.92 Å². The first-order valence-corrected chi connectivity index (χ1v) is 9.25. The molecule has 0 saturated carbocycles. The van der Waals surface area contributed by atoms with E-state index in [0.717, 1.165) is 12.1 Å². The maximum atomic E-state index is 13.5. The number of nitrogens with one attached hydrogen (secondary N) is 2. The normalized spacial score (nSPS) is 12.5. The Morgan fingerprint density at radius 1 is 1.19 bits per heavy atom. The third-order valence-electron chi connectivity index (χ3n) is 2.70. The van der Waals surface area contributed by atoms with Crippen LogP contribution in [0.4, 0.5) is 10.1 Å². The van der Waals surface area contributed by atoms with E-state index in [1.165, 1.54) is 6.92 Å². The third kappa shape index (κ3) is 4.92. The van der Waals surface area contributed by atoms with Gasteiger partial charge in [0.05, 0.1) is 10.6 Å². The predicted octanol–water partition coefficient (Wildman–Crippen LogP) is -0.0661. The van der Waals surface area contributed by atoms with Crippen molar-refractivity contribution in [3.05, 3.63) is 23.5 Å². The molecule has 0 aliphatic heterocycles. The van der Waals surface area contributed by atoms with Gasteiger partial charge in [-0.05, 0) is 19.1 Å². The van der Waals surface area contributed by atoms with Crippen LogP contribution in [0.3, 0.4) is 0 Å². The number of halogens is 1. The molecule has 0 radical (unpaired) electrons. The number of rotatable bonds is 7. The summed E-state index contributed by atoms with van der Waals surface area (Å²) in [6.45, 7) is 2.93. The standard InChI is InChI=1S/C11H18FN3O4S2/c1-3-14-20(16,17)5-4-15-21(18,19)9-6-10(12)8(2)11(13)7-9/h6-7,14-15H,3-5,13H2,1-2H3. The zero-order valence-corrected chi connectivity index (χ0v) is 13.3. The smallest absolute Gasteiger partial charge is 0.240 e. The summed E-state index contributed by atoms with van der Waals surface area (Å²) >= 11 is 0. The molecule has 0 aromatic heterocycles. The molecule has 0 atom stereocenters. The Morgan fingerprint density at radius 3 is 2.33 bits per heavy atom. The first-order chi connectivity index (χ1) is 9.59. The molecule has 1 rings (SSSR count). The lowest BCUT2D eigenvalue weighted by molar-refractivity contribution is 0.574. The molecule has 0 spiro atoms. The quantitative estimate of drug-likeness (QED) is 0.601. The summed E-state index contributed by atoms with van der Waals surface area (Å²) in [5, 5.41) is 0. The molecule has 10 heteroatoms. The van der Waals surface area contributed by atoms with E-state index in [9.17, 15) is 21.2 Å². The summed E-state index contributed by atoms with van der Waals surface area (Å²) in [5.41, 5.74) is 5.68. The van der Waals surface area contributed by atoms with Gasteiger partial charge in [0.2, 0.25) is 20.0 Å². The molecule has 120 valence electrons. The average Bonchev–Trinajstić information content (AvgIpc) is 2.34. The molecule has 0 aliphatic carbocycles. The molecule has 0 heterocycles. The molecule has 0 aliphatic rings. The second kappa shape index (κ2) is 6.69. The van der Waals surface area contributed by atoms with Gasteiger partial charge in [0, 0.05) is 24.3 Å². The average molecular weight is 339 g/mol. The maximum absolute atomic E-state index is 13.5. The fourth-order valence-corrected chi connectivity index (χ4v) is 3.68. The lowest BCUT2D eigenvalue weighted by Gasteiger charge is -2.10. The molecule has 0 fully saturated rings. The van der Waals surface area contributed by atoms with E-state index in [-0.39, 0.29) is 29.2 Å². The van der Waals surface area contributed by atoms with E-state index in [4.69, 9.17) is 5.73 Å². The van der Waals surface area contributed by atoms with Crippen LogP contribution in [-0.4, -0.2) is 35.7 Å². The highest BCUT2D eigenvalue weighted by atomic mass is 32.2. The van der Waals surface area contributed by atoms with Crippen molar-refractivity contribution in [2.45, 2.75) is 18.7 Å². The van der Waals surface area contributed by atoms with Crippen LogP contribution in [0.2, 0.25) is 0 Å². The lowest BCUT2D eigenvalue weighted by Crippen LogP contribution is -2.34. The maximum Gasteiger partial charge on any atom is 0.240 e. The summed E-state index contributed by atoms with van der Waals surface area (Å²) in [7, 11) is -7.56. The molecule has 7 nitrogen and oxygen atoms in total. The van der Waals surface area contributed by atoms with E-state index in [1.807, 2.05) is 0 Å². The summed E-state index contributed by atoms with van der Waals surface area (Å²) in [5.74, 6) is -1.15. The Bertz CT molecular complexity index is 694. The third-order valence-corrected chi connectivity index (χ3v) is 5.61. The number of sulfonamides is 2. The van der Waals surface area contributed by atoms with Crippen molar-refractivity contribution in [2.24, 2.45) is 0 Å². The molecule has 0 saturated heterocycles. The van der Waals surface area contributed by atoms with Gasteiger partial charge in [0.15, 0.2) is 0 Å². The summed E-state index contributed by atoms with van der Waals surface area (Å²) in [4.78, 5) is -0.344. The van der Waals surface area contributed by atoms with Gasteiger partial charge >= 0.3 is 0 Å². The number of benzene rings is 1. The first kappa shape index (κ1) is 17.8. The van der Waals surface area contributed by atoms with Gasteiger partial charge in [-0.25, -0.2) is 30.7 Å². The minimum Gasteiger partial charge on any atom is -0.398 e. The SMILES string of the molecule is CCNS(=O)(=O)CCNS(=O)(=O)c1cc(N)c(C)c(F)c1. The zero-order valence-electron chi connectivity index (χ0n) is 11.7. The molecule has 0 amide bonds. The number of nitrogens with two attached hydrogens (primary N) is 1. The zero-order chi connectivity index (χ0) is 16.3. The highest BCUT2D eigenvalue weighted by Gasteiger charge is 2.18. The van der Waals surface area contributed by atoms with Crippen molar-refractivity contribution in [1.29, 1.82) is 0 Å². The second-order valence-electron chi connectivity index (χ2n) is 4.33. The van der Waals surface area contributed by atoms with E-state index < -0.39 is 31.6 Å². The highest BCUT2D eigenvalue weighted by Crippen LogP contribution is 2.20. The molecular weight excluding hydrogens is 321 g/mol. The van der Waals surface area contributed by atoms with Crippen molar-refractivity contribution in [3.63, 3.8) is 0 Å². The molecule has 0 unspecified atom stereocenters. The van der Waals surface area contributed by atoms with Gasteiger partial charge in [-0.2, -0.15) is 0 Å². The van der Waals surface area contributed by atoms with Gasteiger partial charge in [0.1, 0.15) is 5.82 Å². The second-order valence-corrected chi connectivity index (χ2v) is 8.03. The Labute approximate surface area is 123 Å². The molecule has 21 heavy (non-hydrogen) atoms. The largest absolute Gasteiger partial charge is 0.398 e. The monoisotopic (exact) mass is 339 g/mol. The number of nitrogen functional groups attached to an aromatic ring is 1. The van der Waals surface area contributed by atoms with Crippen LogP contribution in [0.5, 0.6) is 0 Å². The molecule has 1 aromatic carbocycles. The number of anilines is 1. The number of hydrogen-bond acceptors (Lipinski definition) is 5. The van der Waals surface area contributed by atoms with Crippen molar-refractivity contribution in [3.8, 4) is 0 Å². The van der Waals surface area contributed by atoms with E-state index >= 15 is 0 Å². The lowest BCUT2D eigenvalue weighted by atomic mass is 10.2. The fraction of sp³-hybridized carbons (Fsp3) is 0.455. The molecule has 4 N–H and O–H groups in total. The Morgan fingerprint density at radius 2 is 1.81 bits per heavy atom. The van der Waals surface area contributed by atoms with Crippen LogP contribution < -0.4 is 15.2 Å². The van der Waals surface area contributed by atoms with Crippen LogP contribution >= 0.6 is 0 Å². The minimum absolute atomic E-state index is 0.00986.